The van der Waals surface area contributed by atoms with Gasteiger partial charge in [0.15, 0.2) is 28.8 Å². The maximum atomic E-state index is 13.7. The van der Waals surface area contributed by atoms with Crippen molar-refractivity contribution in [2.45, 2.75) is 18.1 Å². The van der Waals surface area contributed by atoms with E-state index in [9.17, 15) is 15.0 Å². The van der Waals surface area contributed by atoms with E-state index in [0.717, 1.165) is 12.0 Å². The van der Waals surface area contributed by atoms with Crippen molar-refractivity contribution >= 4 is 5.78 Å². The first-order valence-corrected chi connectivity index (χ1v) is 8.77. The molecule has 0 saturated heterocycles. The first-order chi connectivity index (χ1) is 13.0. The zero-order chi connectivity index (χ0) is 18.9. The SMILES string of the molecule is COc1c(O)ccc2c1C(=O)C1(c3cc4c(cc3CCN1C)OCO4)C2O. The van der Waals surface area contributed by atoms with E-state index in [1.807, 2.05) is 18.0 Å². The number of ketones is 1. The van der Waals surface area contributed by atoms with Crippen molar-refractivity contribution in [1.82, 2.24) is 4.90 Å². The van der Waals surface area contributed by atoms with E-state index in [2.05, 4.69) is 0 Å². The van der Waals surface area contributed by atoms with Gasteiger partial charge >= 0.3 is 0 Å². The van der Waals surface area contributed by atoms with Gasteiger partial charge < -0.3 is 24.4 Å². The summed E-state index contributed by atoms with van der Waals surface area (Å²) < 4.78 is 16.3. The fourth-order valence-electron chi connectivity index (χ4n) is 4.66. The molecule has 2 aromatic rings. The van der Waals surface area contributed by atoms with E-state index in [1.54, 1.807) is 12.1 Å². The summed E-state index contributed by atoms with van der Waals surface area (Å²) in [5.74, 6) is 0.892. The molecule has 2 aromatic carbocycles. The molecule has 0 radical (unpaired) electrons. The van der Waals surface area contributed by atoms with Gasteiger partial charge in [-0.3, -0.25) is 9.69 Å². The zero-order valence-corrected chi connectivity index (χ0v) is 15.0. The van der Waals surface area contributed by atoms with Crippen LogP contribution in [0.15, 0.2) is 24.3 Å². The highest BCUT2D eigenvalue weighted by atomic mass is 16.7. The maximum absolute atomic E-state index is 13.7. The normalized spacial score (nSPS) is 25.6. The number of methoxy groups -OCH3 is 1. The number of benzene rings is 2. The number of Topliss-reactive ketones (excluding diaryl/α,β-unsaturated/α-hetero) is 1. The molecule has 3 aliphatic rings. The number of nitrogens with zero attached hydrogens (tertiary/aromatic N) is 1. The average molecular weight is 369 g/mol. The Morgan fingerprint density at radius 1 is 1.26 bits per heavy atom. The highest BCUT2D eigenvalue weighted by Gasteiger charge is 2.60. The number of rotatable bonds is 1. The van der Waals surface area contributed by atoms with Crippen LogP contribution in [-0.2, 0) is 12.0 Å². The molecule has 7 nitrogen and oxygen atoms in total. The lowest BCUT2D eigenvalue weighted by molar-refractivity contribution is -0.00765. The Kier molecular flexibility index (Phi) is 3.26. The topological polar surface area (TPSA) is 88.5 Å². The minimum absolute atomic E-state index is 0.0923. The Labute approximate surface area is 155 Å². The zero-order valence-electron chi connectivity index (χ0n) is 15.0. The van der Waals surface area contributed by atoms with E-state index >= 15 is 0 Å². The number of hydrogen-bond acceptors (Lipinski definition) is 7. The van der Waals surface area contributed by atoms with Crippen molar-refractivity contribution in [3.8, 4) is 23.0 Å². The number of fused-ring (bicyclic) bond motifs is 4. The van der Waals surface area contributed by atoms with Gasteiger partial charge in [0.05, 0.1) is 12.7 Å². The number of phenolic OH excluding ortho intramolecular Hbond substituents is 1. The van der Waals surface area contributed by atoms with Crippen molar-refractivity contribution in [1.29, 1.82) is 0 Å². The molecule has 2 atom stereocenters. The molecule has 0 amide bonds. The van der Waals surface area contributed by atoms with Crippen molar-refractivity contribution in [3.05, 3.63) is 46.5 Å². The first kappa shape index (κ1) is 16.4. The number of phenols is 1. The molecule has 140 valence electrons. The molecule has 2 N–H and O–H groups in total. The minimum atomic E-state index is -1.29. The lowest BCUT2D eigenvalue weighted by atomic mass is 9.76. The van der Waals surface area contributed by atoms with Crippen LogP contribution in [0.3, 0.4) is 0 Å². The van der Waals surface area contributed by atoms with E-state index < -0.39 is 11.6 Å². The Bertz CT molecular complexity index is 987. The summed E-state index contributed by atoms with van der Waals surface area (Å²) in [4.78, 5) is 15.6. The van der Waals surface area contributed by atoms with Gasteiger partial charge in [-0.1, -0.05) is 6.07 Å². The smallest absolute Gasteiger partial charge is 0.231 e. The number of aliphatic hydroxyl groups is 1. The fraction of sp³-hybridized carbons (Fsp3) is 0.350. The molecule has 2 unspecified atom stereocenters. The molecule has 7 heteroatoms. The average Bonchev–Trinajstić information content (AvgIpc) is 3.20. The molecule has 27 heavy (non-hydrogen) atoms. The van der Waals surface area contributed by atoms with Crippen molar-refractivity contribution in [2.75, 3.05) is 27.5 Å². The van der Waals surface area contributed by atoms with E-state index in [4.69, 9.17) is 14.2 Å². The lowest BCUT2D eigenvalue weighted by Gasteiger charge is -2.44. The summed E-state index contributed by atoms with van der Waals surface area (Å²) >= 11 is 0. The van der Waals surface area contributed by atoms with Crippen LogP contribution < -0.4 is 14.2 Å². The summed E-state index contributed by atoms with van der Waals surface area (Å²) in [6.07, 6.45) is -0.373. The van der Waals surface area contributed by atoms with Gasteiger partial charge in [0.2, 0.25) is 6.79 Å². The lowest BCUT2D eigenvalue weighted by Crippen LogP contribution is -2.54. The Hall–Kier alpha value is -2.77. The molecule has 2 heterocycles. The van der Waals surface area contributed by atoms with Gasteiger partial charge in [-0.05, 0) is 48.4 Å². The summed E-state index contributed by atoms with van der Waals surface area (Å²) in [6.45, 7) is 0.733. The summed E-state index contributed by atoms with van der Waals surface area (Å²) in [5, 5.41) is 21.5. The highest BCUT2D eigenvalue weighted by molar-refractivity contribution is 6.11. The van der Waals surface area contributed by atoms with Gasteiger partial charge in [0.25, 0.3) is 0 Å². The predicted octanol–water partition coefficient (Wildman–Crippen LogP) is 1.74. The van der Waals surface area contributed by atoms with Gasteiger partial charge in [0, 0.05) is 6.54 Å². The number of carbonyl (C=O) groups is 1. The second kappa shape index (κ2) is 5.37. The Morgan fingerprint density at radius 2 is 2.00 bits per heavy atom. The number of ether oxygens (including phenoxy) is 3. The molecule has 1 spiro atoms. The molecule has 0 aromatic heterocycles. The molecular formula is C20H19NO6. The Morgan fingerprint density at radius 3 is 2.74 bits per heavy atom. The molecule has 0 bridgehead atoms. The molecule has 5 rings (SSSR count). The Balaban J connectivity index is 1.79. The minimum Gasteiger partial charge on any atom is -0.504 e. The van der Waals surface area contributed by atoms with Crippen LogP contribution in [0.1, 0.15) is 33.2 Å². The second-order valence-corrected chi connectivity index (χ2v) is 7.11. The van der Waals surface area contributed by atoms with Gasteiger partial charge in [-0.15, -0.1) is 0 Å². The summed E-state index contributed by atoms with van der Waals surface area (Å²) in [5.41, 5.74) is 1.03. The number of aromatic hydroxyl groups is 1. The fourth-order valence-corrected chi connectivity index (χ4v) is 4.66. The molecule has 0 saturated carbocycles. The van der Waals surface area contributed by atoms with E-state index in [-0.39, 0.29) is 29.6 Å². The van der Waals surface area contributed by atoms with E-state index in [0.29, 0.717) is 29.2 Å². The maximum Gasteiger partial charge on any atom is 0.231 e. The van der Waals surface area contributed by atoms with Crippen molar-refractivity contribution < 1.29 is 29.2 Å². The van der Waals surface area contributed by atoms with Crippen molar-refractivity contribution in [3.63, 3.8) is 0 Å². The summed E-state index contributed by atoms with van der Waals surface area (Å²) in [7, 11) is 3.23. The monoisotopic (exact) mass is 369 g/mol. The third-order valence-electron chi connectivity index (χ3n) is 5.96. The number of carbonyl (C=O) groups excluding carboxylic acids is 1. The van der Waals surface area contributed by atoms with Crippen LogP contribution in [0.2, 0.25) is 0 Å². The largest absolute Gasteiger partial charge is 0.504 e. The quantitative estimate of drug-likeness (QED) is 0.792. The van der Waals surface area contributed by atoms with Gasteiger partial charge in [-0.25, -0.2) is 0 Å². The number of aliphatic hydroxyl groups excluding tert-OH is 1. The number of likely N-dealkylation sites (N-methyl/N-ethyl adjacent to an activating group) is 1. The van der Waals surface area contributed by atoms with E-state index in [1.165, 1.54) is 13.2 Å². The predicted molar refractivity (Wildman–Crippen MR) is 94.5 cm³/mol. The van der Waals surface area contributed by atoms with Crippen LogP contribution in [0.4, 0.5) is 0 Å². The third kappa shape index (κ3) is 1.85. The van der Waals surface area contributed by atoms with Gasteiger partial charge in [-0.2, -0.15) is 0 Å². The highest BCUT2D eigenvalue weighted by Crippen LogP contribution is 2.56. The molecule has 2 aliphatic heterocycles. The second-order valence-electron chi connectivity index (χ2n) is 7.11. The standard InChI is InChI=1S/C20H19NO6/c1-21-6-5-10-7-14-15(27-9-26-14)8-12(10)20(21)18(23)11-3-4-13(22)17(25-2)16(11)19(20)24/h3-4,7-8,18,22-23H,5-6,9H2,1-2H3. The van der Waals surface area contributed by atoms with Crippen LogP contribution in [0.25, 0.3) is 0 Å². The van der Waals surface area contributed by atoms with Crippen molar-refractivity contribution in [2.24, 2.45) is 0 Å². The molecule has 0 fully saturated rings. The first-order valence-electron chi connectivity index (χ1n) is 8.77. The molecule has 1 aliphatic carbocycles. The molecular weight excluding hydrogens is 350 g/mol. The summed E-state index contributed by atoms with van der Waals surface area (Å²) in [6, 6.07) is 6.72. The van der Waals surface area contributed by atoms with Crippen LogP contribution in [0, 0.1) is 0 Å². The van der Waals surface area contributed by atoms with Crippen LogP contribution >= 0.6 is 0 Å². The van der Waals surface area contributed by atoms with Crippen LogP contribution in [-0.4, -0.2) is 48.4 Å². The third-order valence-corrected chi connectivity index (χ3v) is 5.96. The van der Waals surface area contributed by atoms with Crippen LogP contribution in [0.5, 0.6) is 23.0 Å². The number of hydrogen-bond donors (Lipinski definition) is 2. The van der Waals surface area contributed by atoms with Gasteiger partial charge in [0.1, 0.15) is 11.6 Å².